The SMILES string of the molecule is O=C(c1ccc(F)cc1)N1CCN(C(=O)c2cc(F)ccc2F)CC1. The molecule has 2 aromatic rings. The Morgan fingerprint density at radius 1 is 0.720 bits per heavy atom. The van der Waals surface area contributed by atoms with Crippen LogP contribution in [0.4, 0.5) is 13.2 Å². The third kappa shape index (κ3) is 3.65. The van der Waals surface area contributed by atoms with E-state index in [2.05, 4.69) is 0 Å². The summed E-state index contributed by atoms with van der Waals surface area (Å²) in [6, 6.07) is 7.95. The zero-order chi connectivity index (χ0) is 18.0. The molecule has 0 bridgehead atoms. The molecule has 0 saturated carbocycles. The summed E-state index contributed by atoms with van der Waals surface area (Å²) in [7, 11) is 0. The fourth-order valence-corrected chi connectivity index (χ4v) is 2.72. The normalized spacial score (nSPS) is 14.5. The van der Waals surface area contributed by atoms with Gasteiger partial charge in [0, 0.05) is 31.7 Å². The summed E-state index contributed by atoms with van der Waals surface area (Å²) < 4.78 is 39.9. The van der Waals surface area contributed by atoms with Crippen molar-refractivity contribution in [1.82, 2.24) is 9.80 Å². The van der Waals surface area contributed by atoms with Gasteiger partial charge in [0.2, 0.25) is 0 Å². The fourth-order valence-electron chi connectivity index (χ4n) is 2.72. The van der Waals surface area contributed by atoms with Crippen molar-refractivity contribution in [2.75, 3.05) is 26.2 Å². The van der Waals surface area contributed by atoms with E-state index in [4.69, 9.17) is 0 Å². The summed E-state index contributed by atoms with van der Waals surface area (Å²) in [4.78, 5) is 27.6. The number of amides is 2. The van der Waals surface area contributed by atoms with Gasteiger partial charge in [-0.3, -0.25) is 9.59 Å². The molecular formula is C18H15F3N2O2. The molecule has 0 aliphatic carbocycles. The van der Waals surface area contributed by atoms with Gasteiger partial charge in [-0.25, -0.2) is 13.2 Å². The van der Waals surface area contributed by atoms with Crippen LogP contribution in [0.1, 0.15) is 20.7 Å². The van der Waals surface area contributed by atoms with E-state index in [1.807, 2.05) is 0 Å². The lowest BCUT2D eigenvalue weighted by Gasteiger charge is -2.35. The maximum atomic E-state index is 13.7. The van der Waals surface area contributed by atoms with Crippen LogP contribution in [-0.4, -0.2) is 47.8 Å². The van der Waals surface area contributed by atoms with Crippen molar-refractivity contribution in [3.05, 3.63) is 71.0 Å². The van der Waals surface area contributed by atoms with Crippen molar-refractivity contribution in [2.45, 2.75) is 0 Å². The number of carbonyl (C=O) groups excluding carboxylic acids is 2. The van der Waals surface area contributed by atoms with Crippen molar-refractivity contribution in [1.29, 1.82) is 0 Å². The molecule has 0 aromatic heterocycles. The van der Waals surface area contributed by atoms with Crippen molar-refractivity contribution in [2.24, 2.45) is 0 Å². The van der Waals surface area contributed by atoms with E-state index in [1.54, 1.807) is 4.90 Å². The van der Waals surface area contributed by atoms with Crippen LogP contribution in [-0.2, 0) is 0 Å². The van der Waals surface area contributed by atoms with E-state index in [0.29, 0.717) is 5.56 Å². The van der Waals surface area contributed by atoms with Gasteiger partial charge in [-0.1, -0.05) is 0 Å². The maximum absolute atomic E-state index is 13.7. The summed E-state index contributed by atoms with van der Waals surface area (Å²) >= 11 is 0. The highest BCUT2D eigenvalue weighted by Crippen LogP contribution is 2.15. The van der Waals surface area contributed by atoms with Crippen molar-refractivity contribution >= 4 is 11.8 Å². The minimum atomic E-state index is -0.781. The molecular weight excluding hydrogens is 333 g/mol. The molecule has 2 amide bonds. The summed E-state index contributed by atoms with van der Waals surface area (Å²) in [5, 5.41) is 0. The summed E-state index contributed by atoms with van der Waals surface area (Å²) in [6.07, 6.45) is 0. The second-order valence-electron chi connectivity index (χ2n) is 5.72. The van der Waals surface area contributed by atoms with Crippen molar-refractivity contribution < 1.29 is 22.8 Å². The lowest BCUT2D eigenvalue weighted by atomic mass is 10.1. The molecule has 1 aliphatic heterocycles. The van der Waals surface area contributed by atoms with E-state index in [-0.39, 0.29) is 37.6 Å². The average Bonchev–Trinajstić information content (AvgIpc) is 2.63. The summed E-state index contributed by atoms with van der Waals surface area (Å²) in [6.45, 7) is 0.946. The fraction of sp³-hybridized carbons (Fsp3) is 0.222. The van der Waals surface area contributed by atoms with Crippen LogP contribution in [0.3, 0.4) is 0 Å². The monoisotopic (exact) mass is 348 g/mol. The van der Waals surface area contributed by atoms with Crippen LogP contribution in [0.2, 0.25) is 0 Å². The van der Waals surface area contributed by atoms with E-state index in [1.165, 1.54) is 29.2 Å². The van der Waals surface area contributed by atoms with E-state index in [9.17, 15) is 22.8 Å². The Balaban J connectivity index is 1.65. The number of benzene rings is 2. The first-order valence-electron chi connectivity index (χ1n) is 7.75. The van der Waals surface area contributed by atoms with Gasteiger partial charge in [0.1, 0.15) is 17.5 Å². The molecule has 7 heteroatoms. The van der Waals surface area contributed by atoms with Gasteiger partial charge < -0.3 is 9.80 Å². The molecule has 0 atom stereocenters. The Morgan fingerprint density at radius 3 is 1.84 bits per heavy atom. The molecule has 0 N–H and O–H groups in total. The number of carbonyl (C=O) groups is 2. The third-order valence-corrected chi connectivity index (χ3v) is 4.10. The highest BCUT2D eigenvalue weighted by molar-refractivity contribution is 5.96. The Labute approximate surface area is 142 Å². The Morgan fingerprint density at radius 2 is 1.24 bits per heavy atom. The van der Waals surface area contributed by atoms with Gasteiger partial charge in [-0.15, -0.1) is 0 Å². The standard InChI is InChI=1S/C18H15F3N2O2/c19-13-3-1-12(2-4-13)17(24)22-7-9-23(10-8-22)18(25)15-11-14(20)5-6-16(15)21/h1-6,11H,7-10H2. The zero-order valence-corrected chi connectivity index (χ0v) is 13.2. The Hall–Kier alpha value is -2.83. The number of halogens is 3. The second-order valence-corrected chi connectivity index (χ2v) is 5.72. The molecule has 2 aromatic carbocycles. The second kappa shape index (κ2) is 6.96. The van der Waals surface area contributed by atoms with Gasteiger partial charge >= 0.3 is 0 Å². The molecule has 130 valence electrons. The first-order chi connectivity index (χ1) is 12.0. The highest BCUT2D eigenvalue weighted by atomic mass is 19.1. The molecule has 3 rings (SSSR count). The van der Waals surface area contributed by atoms with Crippen LogP contribution in [0.5, 0.6) is 0 Å². The molecule has 0 spiro atoms. The van der Waals surface area contributed by atoms with Gasteiger partial charge in [0.15, 0.2) is 0 Å². The van der Waals surface area contributed by atoms with Crippen LogP contribution >= 0.6 is 0 Å². The largest absolute Gasteiger partial charge is 0.335 e. The minimum Gasteiger partial charge on any atom is -0.335 e. The lowest BCUT2D eigenvalue weighted by molar-refractivity contribution is 0.0532. The van der Waals surface area contributed by atoms with E-state index >= 15 is 0 Å². The molecule has 1 fully saturated rings. The highest BCUT2D eigenvalue weighted by Gasteiger charge is 2.27. The van der Waals surface area contributed by atoms with Gasteiger partial charge in [0.05, 0.1) is 5.56 Å². The molecule has 0 unspecified atom stereocenters. The van der Waals surface area contributed by atoms with E-state index in [0.717, 1.165) is 18.2 Å². The molecule has 1 saturated heterocycles. The summed E-state index contributed by atoms with van der Waals surface area (Å²) in [5.74, 6) is -2.76. The lowest BCUT2D eigenvalue weighted by Crippen LogP contribution is -2.50. The van der Waals surface area contributed by atoms with Crippen LogP contribution in [0.25, 0.3) is 0 Å². The number of piperazine rings is 1. The van der Waals surface area contributed by atoms with Crippen molar-refractivity contribution in [3.63, 3.8) is 0 Å². The number of hydrogen-bond acceptors (Lipinski definition) is 2. The van der Waals surface area contributed by atoms with Crippen molar-refractivity contribution in [3.8, 4) is 0 Å². The third-order valence-electron chi connectivity index (χ3n) is 4.10. The molecule has 0 radical (unpaired) electrons. The zero-order valence-electron chi connectivity index (χ0n) is 13.2. The molecule has 25 heavy (non-hydrogen) atoms. The van der Waals surface area contributed by atoms with Crippen LogP contribution in [0, 0.1) is 17.5 Å². The van der Waals surface area contributed by atoms with Crippen LogP contribution in [0.15, 0.2) is 42.5 Å². The van der Waals surface area contributed by atoms with Crippen LogP contribution < -0.4 is 0 Å². The molecule has 1 aliphatic rings. The van der Waals surface area contributed by atoms with Gasteiger partial charge in [-0.05, 0) is 42.5 Å². The molecule has 1 heterocycles. The minimum absolute atomic E-state index is 0.210. The predicted octanol–water partition coefficient (Wildman–Crippen LogP) is 2.70. The number of hydrogen-bond donors (Lipinski definition) is 0. The van der Waals surface area contributed by atoms with E-state index < -0.39 is 23.4 Å². The average molecular weight is 348 g/mol. The first-order valence-corrected chi connectivity index (χ1v) is 7.75. The predicted molar refractivity (Wildman–Crippen MR) is 84.6 cm³/mol. The number of nitrogens with zero attached hydrogens (tertiary/aromatic N) is 2. The summed E-state index contributed by atoms with van der Waals surface area (Å²) in [5.41, 5.74) is 0.0377. The first kappa shape index (κ1) is 17.0. The Kier molecular flexibility index (Phi) is 4.74. The van der Waals surface area contributed by atoms with Gasteiger partial charge in [-0.2, -0.15) is 0 Å². The molecule has 4 nitrogen and oxygen atoms in total. The smallest absolute Gasteiger partial charge is 0.257 e. The maximum Gasteiger partial charge on any atom is 0.257 e. The Bertz CT molecular complexity index is 800. The topological polar surface area (TPSA) is 40.6 Å². The quantitative estimate of drug-likeness (QED) is 0.837. The number of rotatable bonds is 2. The van der Waals surface area contributed by atoms with Gasteiger partial charge in [0.25, 0.3) is 11.8 Å².